The molecule has 0 radical (unpaired) electrons. The van der Waals surface area contributed by atoms with Crippen LogP contribution in [0.15, 0.2) is 35.2 Å². The van der Waals surface area contributed by atoms with E-state index in [4.69, 9.17) is 0 Å². The summed E-state index contributed by atoms with van der Waals surface area (Å²) in [5.41, 5.74) is 5.27. The minimum Gasteiger partial charge on any atom is -0.311 e. The predicted molar refractivity (Wildman–Crippen MR) is 102 cm³/mol. The van der Waals surface area contributed by atoms with E-state index in [1.165, 1.54) is 0 Å². The fraction of sp³-hybridized carbons (Fsp3) is 0.350. The highest BCUT2D eigenvalue weighted by Gasteiger charge is 2.38. The summed E-state index contributed by atoms with van der Waals surface area (Å²) < 4.78 is 28.6. The molecule has 0 fully saturated rings. The van der Waals surface area contributed by atoms with Gasteiger partial charge in [-0.2, -0.15) is 0 Å². The molecule has 1 N–H and O–H groups in total. The Labute approximate surface area is 154 Å². The van der Waals surface area contributed by atoms with Gasteiger partial charge in [-0.05, 0) is 80.1 Å². The van der Waals surface area contributed by atoms with E-state index in [2.05, 4.69) is 4.72 Å². The number of amides is 1. The van der Waals surface area contributed by atoms with Crippen LogP contribution in [0.25, 0.3) is 0 Å². The largest absolute Gasteiger partial charge is 0.311 e. The molecular weight excluding hydrogens is 348 g/mol. The van der Waals surface area contributed by atoms with Crippen LogP contribution in [-0.2, 0) is 21.2 Å². The fourth-order valence-electron chi connectivity index (χ4n) is 4.07. The van der Waals surface area contributed by atoms with Gasteiger partial charge < -0.3 is 4.90 Å². The number of sulfonamides is 1. The number of hydrogen-bond acceptors (Lipinski definition) is 3. The molecule has 2 aromatic carbocycles. The van der Waals surface area contributed by atoms with E-state index in [0.29, 0.717) is 5.69 Å². The van der Waals surface area contributed by atoms with Gasteiger partial charge in [0.25, 0.3) is 10.0 Å². The summed E-state index contributed by atoms with van der Waals surface area (Å²) in [6.45, 7) is 6.44. The molecule has 0 unspecified atom stereocenters. The summed E-state index contributed by atoms with van der Waals surface area (Å²) in [6, 6.07) is 9.02. The monoisotopic (exact) mass is 370 g/mol. The van der Waals surface area contributed by atoms with Crippen molar-refractivity contribution in [1.29, 1.82) is 0 Å². The molecule has 1 atom stereocenters. The normalized spacial score (nSPS) is 18.8. The van der Waals surface area contributed by atoms with Gasteiger partial charge in [0.15, 0.2) is 0 Å². The van der Waals surface area contributed by atoms with Crippen molar-refractivity contribution in [3.63, 3.8) is 0 Å². The molecule has 136 valence electrons. The maximum atomic E-state index is 13.0. The van der Waals surface area contributed by atoms with Gasteiger partial charge in [0.1, 0.15) is 0 Å². The van der Waals surface area contributed by atoms with Crippen LogP contribution in [0.5, 0.6) is 0 Å². The van der Waals surface area contributed by atoms with Gasteiger partial charge >= 0.3 is 0 Å². The second-order valence-corrected chi connectivity index (χ2v) is 9.00. The summed E-state index contributed by atoms with van der Waals surface area (Å²) in [7, 11) is -3.72. The first-order chi connectivity index (χ1) is 12.3. The van der Waals surface area contributed by atoms with Crippen LogP contribution < -0.4 is 9.62 Å². The summed E-state index contributed by atoms with van der Waals surface area (Å²) in [5.74, 6) is -0.226. The van der Waals surface area contributed by atoms with Gasteiger partial charge in [-0.1, -0.05) is 6.07 Å². The Morgan fingerprint density at radius 1 is 1.08 bits per heavy atom. The van der Waals surface area contributed by atoms with Crippen molar-refractivity contribution in [2.75, 3.05) is 16.2 Å². The Kier molecular flexibility index (Phi) is 3.84. The molecule has 0 aromatic heterocycles. The minimum atomic E-state index is -3.72. The van der Waals surface area contributed by atoms with Crippen molar-refractivity contribution >= 4 is 27.3 Å². The van der Waals surface area contributed by atoms with E-state index in [0.717, 1.165) is 47.3 Å². The molecule has 2 aromatic rings. The van der Waals surface area contributed by atoms with Gasteiger partial charge in [0.2, 0.25) is 5.91 Å². The second-order valence-electron chi connectivity index (χ2n) is 7.32. The molecule has 5 nitrogen and oxygen atoms in total. The molecule has 0 spiro atoms. The average molecular weight is 370 g/mol. The molecule has 0 aliphatic carbocycles. The van der Waals surface area contributed by atoms with E-state index in [1.54, 1.807) is 12.1 Å². The van der Waals surface area contributed by atoms with Crippen LogP contribution in [0.2, 0.25) is 0 Å². The lowest BCUT2D eigenvalue weighted by atomic mass is 9.97. The quantitative estimate of drug-likeness (QED) is 0.899. The highest BCUT2D eigenvalue weighted by Crippen LogP contribution is 2.44. The number of benzene rings is 2. The zero-order valence-electron chi connectivity index (χ0n) is 15.2. The number of nitrogens with zero attached hydrogens (tertiary/aromatic N) is 1. The van der Waals surface area contributed by atoms with E-state index in [-0.39, 0.29) is 16.7 Å². The highest BCUT2D eigenvalue weighted by atomic mass is 32.2. The Hall–Kier alpha value is -2.34. The maximum absolute atomic E-state index is 13.0. The summed E-state index contributed by atoms with van der Waals surface area (Å²) >= 11 is 0. The third kappa shape index (κ3) is 2.69. The Morgan fingerprint density at radius 2 is 1.77 bits per heavy atom. The van der Waals surface area contributed by atoms with Crippen molar-refractivity contribution in [1.82, 2.24) is 0 Å². The molecular formula is C20H22N2O3S. The van der Waals surface area contributed by atoms with Crippen LogP contribution >= 0.6 is 0 Å². The van der Waals surface area contributed by atoms with Crippen molar-refractivity contribution in [2.24, 2.45) is 0 Å². The van der Waals surface area contributed by atoms with E-state index < -0.39 is 10.0 Å². The summed E-state index contributed by atoms with van der Waals surface area (Å²) in [6.07, 6.45) is 1.66. The lowest BCUT2D eigenvalue weighted by Gasteiger charge is -2.26. The number of hydrogen-bond donors (Lipinski definition) is 1. The number of nitrogens with one attached hydrogen (secondary N) is 1. The Bertz CT molecular complexity index is 1010. The second kappa shape index (κ2) is 5.84. The summed E-state index contributed by atoms with van der Waals surface area (Å²) in [5, 5.41) is 0. The Morgan fingerprint density at radius 3 is 2.46 bits per heavy atom. The van der Waals surface area contributed by atoms with E-state index >= 15 is 0 Å². The third-order valence-corrected chi connectivity index (χ3v) is 6.54. The van der Waals surface area contributed by atoms with Crippen molar-refractivity contribution in [3.8, 4) is 0 Å². The SMILES string of the molecule is Cc1cc(C)cc(NS(=O)(=O)c2cc3c4c(c2)[C@H](C)C(=O)N4CCC3)c1. The van der Waals surface area contributed by atoms with E-state index in [1.807, 2.05) is 43.9 Å². The first-order valence-electron chi connectivity index (χ1n) is 8.85. The van der Waals surface area contributed by atoms with Crippen LogP contribution in [0.1, 0.15) is 41.5 Å². The molecule has 2 aliphatic heterocycles. The number of aryl methyl sites for hydroxylation is 3. The first-order valence-corrected chi connectivity index (χ1v) is 10.3. The minimum absolute atomic E-state index is 0.0674. The standard InChI is InChI=1S/C20H22N2O3S/c1-12-7-13(2)9-16(8-12)21-26(24,25)17-10-15-5-4-6-22-19(15)18(11-17)14(3)20(22)23/h7-11,14,21H,4-6H2,1-3H3/t14-/m0/s1. The Balaban J connectivity index is 1.78. The summed E-state index contributed by atoms with van der Waals surface area (Å²) in [4.78, 5) is 14.5. The van der Waals surface area contributed by atoms with Crippen molar-refractivity contribution in [2.45, 2.75) is 44.4 Å². The number of carbonyl (C=O) groups is 1. The lowest BCUT2D eigenvalue weighted by molar-refractivity contribution is -0.119. The van der Waals surface area contributed by atoms with Crippen LogP contribution in [0.3, 0.4) is 0 Å². The zero-order chi connectivity index (χ0) is 18.6. The van der Waals surface area contributed by atoms with Crippen molar-refractivity contribution in [3.05, 3.63) is 52.6 Å². The lowest BCUT2D eigenvalue weighted by Crippen LogP contribution is -2.32. The first kappa shape index (κ1) is 17.1. The average Bonchev–Trinajstić information content (AvgIpc) is 2.80. The smallest absolute Gasteiger partial charge is 0.261 e. The fourth-order valence-corrected chi connectivity index (χ4v) is 5.19. The molecule has 6 heteroatoms. The molecule has 0 bridgehead atoms. The molecule has 26 heavy (non-hydrogen) atoms. The highest BCUT2D eigenvalue weighted by molar-refractivity contribution is 7.92. The maximum Gasteiger partial charge on any atom is 0.261 e. The van der Waals surface area contributed by atoms with Crippen LogP contribution in [0, 0.1) is 13.8 Å². The van der Waals surface area contributed by atoms with Gasteiger partial charge in [-0.15, -0.1) is 0 Å². The topological polar surface area (TPSA) is 66.5 Å². The molecule has 0 saturated heterocycles. The van der Waals surface area contributed by atoms with E-state index in [9.17, 15) is 13.2 Å². The number of carbonyl (C=O) groups excluding carboxylic acids is 1. The molecule has 0 saturated carbocycles. The molecule has 1 amide bonds. The molecule has 2 aliphatic rings. The van der Waals surface area contributed by atoms with Gasteiger partial charge in [-0.25, -0.2) is 8.42 Å². The predicted octanol–water partition coefficient (Wildman–Crippen LogP) is 3.50. The van der Waals surface area contributed by atoms with Crippen LogP contribution in [0.4, 0.5) is 11.4 Å². The number of anilines is 2. The molecule has 2 heterocycles. The van der Waals surface area contributed by atoms with Gasteiger partial charge in [0.05, 0.1) is 16.5 Å². The van der Waals surface area contributed by atoms with Crippen LogP contribution in [-0.4, -0.2) is 20.9 Å². The third-order valence-electron chi connectivity index (χ3n) is 5.18. The van der Waals surface area contributed by atoms with Gasteiger partial charge in [0, 0.05) is 12.2 Å². The number of rotatable bonds is 3. The van der Waals surface area contributed by atoms with Crippen molar-refractivity contribution < 1.29 is 13.2 Å². The molecule has 4 rings (SSSR count). The van der Waals surface area contributed by atoms with Gasteiger partial charge in [-0.3, -0.25) is 9.52 Å². The zero-order valence-corrected chi connectivity index (χ0v) is 16.0.